The Bertz CT molecular complexity index is 834. The number of aliphatic imine (C=N–C) groups is 1. The highest BCUT2D eigenvalue weighted by atomic mass is 35.5. The number of amides is 1. The molecule has 0 N–H and O–H groups in total. The van der Waals surface area contributed by atoms with E-state index < -0.39 is 12.0 Å². The molecule has 1 aromatic rings. The highest BCUT2D eigenvalue weighted by Crippen LogP contribution is 2.45. The van der Waals surface area contributed by atoms with Crippen LogP contribution in [0.25, 0.3) is 0 Å². The van der Waals surface area contributed by atoms with Gasteiger partial charge < -0.3 is 4.74 Å². The number of fused-ring (bicyclic) bond motifs is 1. The average Bonchev–Trinajstić information content (AvgIpc) is 2.94. The first-order valence-electron chi connectivity index (χ1n) is 9.05. The molecule has 0 spiro atoms. The first-order valence-corrected chi connectivity index (χ1v) is 10.3. The second kappa shape index (κ2) is 8.07. The number of benzene rings is 1. The van der Waals surface area contributed by atoms with Gasteiger partial charge in [-0.05, 0) is 30.9 Å². The van der Waals surface area contributed by atoms with Crippen molar-refractivity contribution in [3.8, 4) is 0 Å². The lowest BCUT2D eigenvalue weighted by Crippen LogP contribution is -2.41. The Hall–Kier alpha value is -1.79. The van der Waals surface area contributed by atoms with Crippen LogP contribution in [0.15, 0.2) is 40.5 Å². The average molecular weight is 407 g/mol. The van der Waals surface area contributed by atoms with Crippen molar-refractivity contribution < 1.29 is 14.3 Å². The Balaban J connectivity index is 2.10. The van der Waals surface area contributed by atoms with Gasteiger partial charge >= 0.3 is 5.97 Å². The van der Waals surface area contributed by atoms with Gasteiger partial charge in [-0.15, -0.1) is 0 Å². The van der Waals surface area contributed by atoms with Crippen LogP contribution in [0.4, 0.5) is 0 Å². The van der Waals surface area contributed by atoms with Crippen molar-refractivity contribution in [2.75, 3.05) is 6.61 Å². The molecule has 2 aliphatic heterocycles. The highest BCUT2D eigenvalue weighted by Gasteiger charge is 2.47. The van der Waals surface area contributed by atoms with E-state index in [1.807, 2.05) is 39.0 Å². The number of esters is 1. The summed E-state index contributed by atoms with van der Waals surface area (Å²) in [5, 5.41) is 0.922. The fourth-order valence-electron chi connectivity index (χ4n) is 3.16. The zero-order valence-corrected chi connectivity index (χ0v) is 17.4. The third-order valence-corrected chi connectivity index (χ3v) is 6.15. The van der Waals surface area contributed by atoms with Gasteiger partial charge in [0.1, 0.15) is 0 Å². The molecule has 3 rings (SSSR count). The number of carbonyl (C=O) groups is 2. The van der Waals surface area contributed by atoms with Crippen LogP contribution in [0.1, 0.15) is 45.7 Å². The normalized spacial score (nSPS) is 22.2. The summed E-state index contributed by atoms with van der Waals surface area (Å²) in [5.74, 6) is -0.288. The van der Waals surface area contributed by atoms with E-state index in [1.54, 1.807) is 17.9 Å². The summed E-state index contributed by atoms with van der Waals surface area (Å²) in [6, 6.07) is 6.66. The van der Waals surface area contributed by atoms with E-state index >= 15 is 0 Å². The van der Waals surface area contributed by atoms with Gasteiger partial charge in [0.2, 0.25) is 5.91 Å². The zero-order valence-electron chi connectivity index (χ0n) is 15.9. The summed E-state index contributed by atoms with van der Waals surface area (Å²) >= 11 is 7.89. The zero-order chi connectivity index (χ0) is 19.7. The summed E-state index contributed by atoms with van der Waals surface area (Å²) < 4.78 is 5.49. The van der Waals surface area contributed by atoms with Crippen molar-refractivity contribution in [3.05, 3.63) is 46.1 Å². The maximum atomic E-state index is 13.0. The van der Waals surface area contributed by atoms with Crippen molar-refractivity contribution in [3.63, 3.8) is 0 Å². The molecule has 2 atom stereocenters. The third-order valence-electron chi connectivity index (χ3n) is 4.49. The molecule has 2 unspecified atom stereocenters. The van der Waals surface area contributed by atoms with Crippen LogP contribution in [0.3, 0.4) is 0 Å². The molecular weight excluding hydrogens is 384 g/mol. The van der Waals surface area contributed by atoms with E-state index in [0.717, 1.165) is 0 Å². The lowest BCUT2D eigenvalue weighted by Gasteiger charge is -2.33. The number of thioether (sulfide) groups is 1. The predicted molar refractivity (Wildman–Crippen MR) is 109 cm³/mol. The molecule has 0 saturated carbocycles. The van der Waals surface area contributed by atoms with Crippen molar-refractivity contribution in [1.82, 2.24) is 4.90 Å². The standard InChI is InChI=1S/C20H23ClN2O3S/c1-5-15-18(24)23-17(13-8-6-7-9-14(13)21)16(12(4)22-20(23)27-15)19(25)26-10-11(2)3/h6-9,11,15,17H,5,10H2,1-4H3. The molecule has 0 radical (unpaired) electrons. The van der Waals surface area contributed by atoms with E-state index in [1.165, 1.54) is 11.8 Å². The summed E-state index contributed by atoms with van der Waals surface area (Å²) in [4.78, 5) is 32.1. The molecule has 0 bridgehead atoms. The van der Waals surface area contributed by atoms with Crippen LogP contribution in [0.2, 0.25) is 5.02 Å². The summed E-state index contributed by atoms with van der Waals surface area (Å²) in [6.07, 6.45) is 0.695. The van der Waals surface area contributed by atoms with Crippen molar-refractivity contribution in [2.45, 2.75) is 45.4 Å². The molecule has 0 aliphatic carbocycles. The molecule has 27 heavy (non-hydrogen) atoms. The number of halogens is 1. The molecule has 7 heteroatoms. The Kier molecular flexibility index (Phi) is 5.96. The van der Waals surface area contributed by atoms with Gasteiger partial charge in [0, 0.05) is 5.02 Å². The number of nitrogens with zero attached hydrogens (tertiary/aromatic N) is 2. The van der Waals surface area contributed by atoms with E-state index in [9.17, 15) is 9.59 Å². The Labute approximate surface area is 168 Å². The van der Waals surface area contributed by atoms with Gasteiger partial charge in [0.25, 0.3) is 0 Å². The minimum Gasteiger partial charge on any atom is -0.462 e. The van der Waals surface area contributed by atoms with Gasteiger partial charge in [-0.1, -0.05) is 62.3 Å². The topological polar surface area (TPSA) is 59.0 Å². The van der Waals surface area contributed by atoms with Crippen LogP contribution in [0, 0.1) is 5.92 Å². The fraction of sp³-hybridized carbons (Fsp3) is 0.450. The second-order valence-electron chi connectivity index (χ2n) is 7.03. The smallest absolute Gasteiger partial charge is 0.338 e. The molecule has 1 aromatic carbocycles. The first-order chi connectivity index (χ1) is 12.8. The molecule has 2 aliphatic rings. The number of allylic oxidation sites excluding steroid dienone is 1. The van der Waals surface area contributed by atoms with Crippen molar-refractivity contribution in [2.24, 2.45) is 10.9 Å². The minimum atomic E-state index is -0.623. The Morgan fingerprint density at radius 1 is 1.37 bits per heavy atom. The van der Waals surface area contributed by atoms with Gasteiger partial charge in [-0.3, -0.25) is 9.69 Å². The van der Waals surface area contributed by atoms with Crippen molar-refractivity contribution in [1.29, 1.82) is 0 Å². The lowest BCUT2D eigenvalue weighted by atomic mass is 9.94. The Morgan fingerprint density at radius 2 is 2.07 bits per heavy atom. The third kappa shape index (κ3) is 3.78. The SMILES string of the molecule is CCC1SC2=NC(C)=C(C(=O)OCC(C)C)C(c3ccccc3Cl)N2C1=O. The Morgan fingerprint density at radius 3 is 2.70 bits per heavy atom. The summed E-state index contributed by atoms with van der Waals surface area (Å²) in [6.45, 7) is 8.01. The first kappa shape index (κ1) is 20.0. The molecule has 1 amide bonds. The molecule has 1 fully saturated rings. The predicted octanol–water partition coefficient (Wildman–Crippen LogP) is 4.58. The van der Waals surface area contributed by atoms with Crippen LogP contribution in [0.5, 0.6) is 0 Å². The molecule has 1 saturated heterocycles. The summed E-state index contributed by atoms with van der Waals surface area (Å²) in [5.41, 5.74) is 1.64. The second-order valence-corrected chi connectivity index (χ2v) is 8.61. The van der Waals surface area contributed by atoms with E-state index in [4.69, 9.17) is 16.3 Å². The molecule has 0 aromatic heterocycles. The number of rotatable bonds is 5. The van der Waals surface area contributed by atoms with E-state index in [2.05, 4.69) is 4.99 Å². The quantitative estimate of drug-likeness (QED) is 0.671. The van der Waals surface area contributed by atoms with E-state index in [0.29, 0.717) is 40.1 Å². The van der Waals surface area contributed by atoms with Crippen LogP contribution < -0.4 is 0 Å². The number of amidine groups is 1. The molecule has 5 nitrogen and oxygen atoms in total. The molecule has 2 heterocycles. The maximum Gasteiger partial charge on any atom is 0.338 e. The van der Waals surface area contributed by atoms with Gasteiger partial charge in [0.15, 0.2) is 5.17 Å². The van der Waals surface area contributed by atoms with Gasteiger partial charge in [0.05, 0.1) is 29.2 Å². The van der Waals surface area contributed by atoms with Gasteiger partial charge in [-0.2, -0.15) is 0 Å². The monoisotopic (exact) mass is 406 g/mol. The highest BCUT2D eigenvalue weighted by molar-refractivity contribution is 8.15. The largest absolute Gasteiger partial charge is 0.462 e. The van der Waals surface area contributed by atoms with Crippen LogP contribution in [-0.2, 0) is 14.3 Å². The number of hydrogen-bond acceptors (Lipinski definition) is 5. The van der Waals surface area contributed by atoms with Gasteiger partial charge in [-0.25, -0.2) is 9.79 Å². The van der Waals surface area contributed by atoms with Crippen LogP contribution in [-0.4, -0.2) is 33.8 Å². The fourth-order valence-corrected chi connectivity index (χ4v) is 4.53. The molecule has 144 valence electrons. The van der Waals surface area contributed by atoms with Crippen LogP contribution >= 0.6 is 23.4 Å². The lowest BCUT2D eigenvalue weighted by molar-refractivity contribution is -0.141. The maximum absolute atomic E-state index is 13.0. The van der Waals surface area contributed by atoms with E-state index in [-0.39, 0.29) is 17.1 Å². The number of ether oxygens (including phenoxy) is 1. The minimum absolute atomic E-state index is 0.0483. The summed E-state index contributed by atoms with van der Waals surface area (Å²) in [7, 11) is 0. The number of carbonyl (C=O) groups excluding carboxylic acids is 2. The number of hydrogen-bond donors (Lipinski definition) is 0. The van der Waals surface area contributed by atoms with Crippen molar-refractivity contribution >= 4 is 40.4 Å². The molecular formula is C20H23ClN2O3S.